The maximum absolute atomic E-state index is 12.6. The van der Waals surface area contributed by atoms with E-state index in [-0.39, 0.29) is 12.0 Å². The van der Waals surface area contributed by atoms with Gasteiger partial charge in [-0.2, -0.15) is 5.10 Å². The Bertz CT molecular complexity index is 1040. The van der Waals surface area contributed by atoms with Crippen LogP contribution in [0, 0.1) is 13.8 Å². The van der Waals surface area contributed by atoms with Crippen molar-refractivity contribution in [1.82, 2.24) is 25.1 Å². The lowest BCUT2D eigenvalue weighted by Gasteiger charge is -2.26. The number of carbonyl (C=O) groups is 1. The Kier molecular flexibility index (Phi) is 5.76. The SMILES string of the molecule is Cc1ncnc(C)c1-c1cc(NC(=O)c2ccnn2C)ccc1OC1CCCNC1. The molecule has 0 bridgehead atoms. The Balaban J connectivity index is 1.70. The molecule has 1 aliphatic rings. The topological polar surface area (TPSA) is 94.0 Å². The van der Waals surface area contributed by atoms with Crippen molar-refractivity contribution in [3.8, 4) is 16.9 Å². The van der Waals surface area contributed by atoms with E-state index in [1.165, 1.54) is 0 Å². The molecule has 3 aromatic rings. The van der Waals surface area contributed by atoms with E-state index in [1.54, 1.807) is 30.3 Å². The van der Waals surface area contributed by atoms with Crippen LogP contribution in [0.2, 0.25) is 0 Å². The summed E-state index contributed by atoms with van der Waals surface area (Å²) in [5, 5.41) is 10.4. The number of rotatable bonds is 5. The average molecular weight is 406 g/mol. The fraction of sp³-hybridized carbons (Fsp3) is 0.364. The van der Waals surface area contributed by atoms with Crippen molar-refractivity contribution >= 4 is 11.6 Å². The van der Waals surface area contributed by atoms with Crippen LogP contribution in [0.25, 0.3) is 11.1 Å². The molecule has 2 aromatic heterocycles. The highest BCUT2D eigenvalue weighted by Gasteiger charge is 2.20. The van der Waals surface area contributed by atoms with E-state index in [0.29, 0.717) is 11.4 Å². The van der Waals surface area contributed by atoms with Crippen molar-refractivity contribution in [2.24, 2.45) is 7.05 Å². The third kappa shape index (κ3) is 4.18. The highest BCUT2D eigenvalue weighted by Crippen LogP contribution is 2.36. The van der Waals surface area contributed by atoms with Gasteiger partial charge in [0.2, 0.25) is 0 Å². The number of piperidine rings is 1. The summed E-state index contributed by atoms with van der Waals surface area (Å²) in [5.74, 6) is 0.548. The highest BCUT2D eigenvalue weighted by atomic mass is 16.5. The van der Waals surface area contributed by atoms with Crippen molar-refractivity contribution in [3.63, 3.8) is 0 Å². The van der Waals surface area contributed by atoms with Gasteiger partial charge in [-0.15, -0.1) is 0 Å². The van der Waals surface area contributed by atoms with Crippen molar-refractivity contribution in [2.75, 3.05) is 18.4 Å². The van der Waals surface area contributed by atoms with Gasteiger partial charge in [0.1, 0.15) is 23.9 Å². The van der Waals surface area contributed by atoms with Gasteiger partial charge in [-0.25, -0.2) is 9.97 Å². The molecule has 1 amide bonds. The van der Waals surface area contributed by atoms with Gasteiger partial charge in [-0.3, -0.25) is 9.48 Å². The predicted octanol–water partition coefficient (Wildman–Crippen LogP) is 2.88. The summed E-state index contributed by atoms with van der Waals surface area (Å²) in [6, 6.07) is 7.38. The number of nitrogens with one attached hydrogen (secondary N) is 2. The second-order valence-electron chi connectivity index (χ2n) is 7.51. The van der Waals surface area contributed by atoms with Crippen LogP contribution in [0.4, 0.5) is 5.69 Å². The lowest BCUT2D eigenvalue weighted by molar-refractivity contribution is 0.101. The van der Waals surface area contributed by atoms with Crippen molar-refractivity contribution in [2.45, 2.75) is 32.8 Å². The predicted molar refractivity (Wildman–Crippen MR) is 115 cm³/mol. The zero-order chi connectivity index (χ0) is 21.1. The normalized spacial score (nSPS) is 16.3. The van der Waals surface area contributed by atoms with Crippen LogP contribution in [0.1, 0.15) is 34.7 Å². The molecule has 1 aliphatic heterocycles. The number of anilines is 1. The molecule has 1 saturated heterocycles. The number of amides is 1. The molecule has 0 radical (unpaired) electrons. The summed E-state index contributed by atoms with van der Waals surface area (Å²) >= 11 is 0. The molecule has 0 aliphatic carbocycles. The molecule has 1 fully saturated rings. The Labute approximate surface area is 175 Å². The number of ether oxygens (including phenoxy) is 1. The van der Waals surface area contributed by atoms with Gasteiger partial charge in [-0.1, -0.05) is 0 Å². The van der Waals surface area contributed by atoms with E-state index in [0.717, 1.165) is 54.2 Å². The largest absolute Gasteiger partial charge is 0.488 e. The van der Waals surface area contributed by atoms with E-state index in [2.05, 4.69) is 25.7 Å². The first-order valence-corrected chi connectivity index (χ1v) is 10.1. The van der Waals surface area contributed by atoms with Gasteiger partial charge in [-0.05, 0) is 57.5 Å². The second kappa shape index (κ2) is 8.62. The first-order valence-electron chi connectivity index (χ1n) is 10.1. The van der Waals surface area contributed by atoms with Gasteiger partial charge in [0, 0.05) is 48.0 Å². The van der Waals surface area contributed by atoms with Crippen LogP contribution in [0.5, 0.6) is 5.75 Å². The summed E-state index contributed by atoms with van der Waals surface area (Å²) in [6.45, 7) is 5.76. The van der Waals surface area contributed by atoms with E-state index >= 15 is 0 Å². The second-order valence-corrected chi connectivity index (χ2v) is 7.51. The average Bonchev–Trinajstić information content (AvgIpc) is 3.16. The van der Waals surface area contributed by atoms with Crippen LogP contribution in [0.3, 0.4) is 0 Å². The maximum atomic E-state index is 12.6. The van der Waals surface area contributed by atoms with Crippen LogP contribution >= 0.6 is 0 Å². The minimum atomic E-state index is -0.219. The number of aryl methyl sites for hydroxylation is 3. The molecule has 0 saturated carbocycles. The first kappa shape index (κ1) is 20.0. The number of hydrogen-bond donors (Lipinski definition) is 2. The molecular formula is C22H26N6O2. The minimum absolute atomic E-state index is 0.109. The van der Waals surface area contributed by atoms with Crippen LogP contribution in [-0.4, -0.2) is 44.8 Å². The zero-order valence-electron chi connectivity index (χ0n) is 17.5. The fourth-order valence-corrected chi connectivity index (χ4v) is 3.78. The smallest absolute Gasteiger partial charge is 0.273 e. The third-order valence-electron chi connectivity index (χ3n) is 5.33. The van der Waals surface area contributed by atoms with Crippen molar-refractivity contribution in [1.29, 1.82) is 0 Å². The number of hydrogen-bond acceptors (Lipinski definition) is 6. The summed E-state index contributed by atoms with van der Waals surface area (Å²) < 4.78 is 7.90. The monoisotopic (exact) mass is 406 g/mol. The van der Waals surface area contributed by atoms with Crippen molar-refractivity contribution in [3.05, 3.63) is 53.9 Å². The fourth-order valence-electron chi connectivity index (χ4n) is 3.78. The molecule has 8 heteroatoms. The molecular weight excluding hydrogens is 380 g/mol. The van der Waals surface area contributed by atoms with Crippen LogP contribution in [0.15, 0.2) is 36.8 Å². The number of nitrogens with zero attached hydrogens (tertiary/aromatic N) is 4. The molecule has 3 heterocycles. The van der Waals surface area contributed by atoms with Gasteiger partial charge in [0.25, 0.3) is 5.91 Å². The quantitative estimate of drug-likeness (QED) is 0.677. The minimum Gasteiger partial charge on any atom is -0.488 e. The Morgan fingerprint density at radius 2 is 2.03 bits per heavy atom. The Morgan fingerprint density at radius 1 is 1.23 bits per heavy atom. The summed E-state index contributed by atoms with van der Waals surface area (Å²) in [5.41, 5.74) is 4.69. The lowest BCUT2D eigenvalue weighted by atomic mass is 10.0. The number of benzene rings is 1. The highest BCUT2D eigenvalue weighted by molar-refractivity contribution is 6.03. The van der Waals surface area contributed by atoms with Crippen LogP contribution < -0.4 is 15.4 Å². The standard InChI is InChI=1S/C22H26N6O2/c1-14-21(15(2)25-13-24-14)18-11-16(27-22(29)19-8-10-26-28(19)3)6-7-20(18)30-17-5-4-9-23-12-17/h6-8,10-11,13,17,23H,4-5,9,12H2,1-3H3,(H,27,29). The van der Waals surface area contributed by atoms with E-state index in [9.17, 15) is 4.79 Å². The molecule has 4 rings (SSSR count). The molecule has 30 heavy (non-hydrogen) atoms. The van der Waals surface area contributed by atoms with Gasteiger partial charge in [0.05, 0.1) is 0 Å². The van der Waals surface area contributed by atoms with E-state index in [1.807, 2.05) is 32.0 Å². The summed E-state index contributed by atoms with van der Waals surface area (Å²) in [7, 11) is 1.74. The molecule has 156 valence electrons. The Hall–Kier alpha value is -3.26. The van der Waals surface area contributed by atoms with E-state index < -0.39 is 0 Å². The lowest BCUT2D eigenvalue weighted by Crippen LogP contribution is -2.37. The van der Waals surface area contributed by atoms with Gasteiger partial charge < -0.3 is 15.4 Å². The third-order valence-corrected chi connectivity index (χ3v) is 5.33. The maximum Gasteiger partial charge on any atom is 0.273 e. The van der Waals surface area contributed by atoms with Gasteiger partial charge >= 0.3 is 0 Å². The van der Waals surface area contributed by atoms with E-state index in [4.69, 9.17) is 4.74 Å². The Morgan fingerprint density at radius 3 is 2.70 bits per heavy atom. The molecule has 1 atom stereocenters. The van der Waals surface area contributed by atoms with Gasteiger partial charge in [0.15, 0.2) is 0 Å². The van der Waals surface area contributed by atoms with Crippen LogP contribution in [-0.2, 0) is 7.05 Å². The molecule has 1 unspecified atom stereocenters. The summed E-state index contributed by atoms with van der Waals surface area (Å²) in [6.07, 6.45) is 5.37. The zero-order valence-corrected chi connectivity index (χ0v) is 17.5. The molecule has 2 N–H and O–H groups in total. The molecule has 0 spiro atoms. The molecule has 8 nitrogen and oxygen atoms in total. The van der Waals surface area contributed by atoms with Crippen molar-refractivity contribution < 1.29 is 9.53 Å². The molecule has 1 aromatic carbocycles. The summed E-state index contributed by atoms with van der Waals surface area (Å²) in [4.78, 5) is 21.4. The number of carbonyl (C=O) groups excluding carboxylic acids is 1. The first-order chi connectivity index (χ1) is 14.5. The number of aromatic nitrogens is 4.